The summed E-state index contributed by atoms with van der Waals surface area (Å²) >= 11 is 0. The first kappa shape index (κ1) is 12.0. The van der Waals surface area contributed by atoms with E-state index in [-0.39, 0.29) is 0 Å². The summed E-state index contributed by atoms with van der Waals surface area (Å²) in [6.45, 7) is 0.305. The molecule has 0 atom stereocenters. The summed E-state index contributed by atoms with van der Waals surface area (Å²) in [6.07, 6.45) is 4.27. The number of aliphatic hydroxyl groups is 1. The van der Waals surface area contributed by atoms with E-state index in [0.29, 0.717) is 30.1 Å². The van der Waals surface area contributed by atoms with E-state index in [1.54, 1.807) is 6.07 Å². The molecular formula is C12H20N4O. The molecule has 2 rings (SSSR count). The normalized spacial score (nSPS) is 24.5. The average molecular weight is 236 g/mol. The van der Waals surface area contributed by atoms with Gasteiger partial charge in [-0.1, -0.05) is 0 Å². The van der Waals surface area contributed by atoms with Gasteiger partial charge in [-0.05, 0) is 43.7 Å². The van der Waals surface area contributed by atoms with Crippen LogP contribution in [0.5, 0.6) is 0 Å². The smallest absolute Gasteiger partial charge is 0.149 e. The quantitative estimate of drug-likeness (QED) is 0.632. The predicted octanol–water partition coefficient (Wildman–Crippen LogP) is 1.21. The van der Waals surface area contributed by atoms with Gasteiger partial charge < -0.3 is 21.9 Å². The monoisotopic (exact) mass is 236 g/mol. The number of nitrogens with two attached hydrogens (primary N) is 2. The van der Waals surface area contributed by atoms with Crippen LogP contribution >= 0.6 is 0 Å². The van der Waals surface area contributed by atoms with Crippen LogP contribution in [0.25, 0.3) is 0 Å². The van der Waals surface area contributed by atoms with E-state index in [2.05, 4.69) is 10.3 Å². The molecule has 0 radical (unpaired) electrons. The standard InChI is InChI=1S/C12H20N4O/c13-10-5-6-11(16-12(10)14)15-9-3-1-8(7-17)2-4-9/h5-6,8-9,17H,1-4,7,13H2,(H3,14,15,16). The minimum Gasteiger partial charge on any atom is -0.396 e. The number of aliphatic hydroxyl groups excluding tert-OH is 1. The summed E-state index contributed by atoms with van der Waals surface area (Å²) in [5.74, 6) is 1.63. The maximum absolute atomic E-state index is 9.07. The van der Waals surface area contributed by atoms with E-state index >= 15 is 0 Å². The van der Waals surface area contributed by atoms with Crippen LogP contribution in [-0.2, 0) is 0 Å². The van der Waals surface area contributed by atoms with Crippen molar-refractivity contribution in [2.75, 3.05) is 23.4 Å². The van der Waals surface area contributed by atoms with Crippen LogP contribution in [0.3, 0.4) is 0 Å². The van der Waals surface area contributed by atoms with Gasteiger partial charge in [-0.25, -0.2) is 4.98 Å². The number of hydrogen-bond donors (Lipinski definition) is 4. The molecule has 0 bridgehead atoms. The fraction of sp³-hybridized carbons (Fsp3) is 0.583. The second kappa shape index (κ2) is 5.23. The molecule has 1 saturated carbocycles. The molecule has 5 nitrogen and oxygen atoms in total. The molecule has 0 unspecified atom stereocenters. The molecule has 1 heterocycles. The van der Waals surface area contributed by atoms with Crippen LogP contribution in [0.4, 0.5) is 17.3 Å². The Labute approximate surface area is 101 Å². The highest BCUT2D eigenvalue weighted by Gasteiger charge is 2.20. The first-order valence-corrected chi connectivity index (χ1v) is 6.08. The Morgan fingerprint density at radius 3 is 2.53 bits per heavy atom. The Kier molecular flexibility index (Phi) is 3.68. The molecule has 17 heavy (non-hydrogen) atoms. The van der Waals surface area contributed by atoms with Gasteiger partial charge in [-0.15, -0.1) is 0 Å². The van der Waals surface area contributed by atoms with Crippen molar-refractivity contribution in [1.82, 2.24) is 4.98 Å². The number of hydrogen-bond acceptors (Lipinski definition) is 5. The molecule has 0 aliphatic heterocycles. The zero-order valence-electron chi connectivity index (χ0n) is 9.89. The second-order valence-electron chi connectivity index (χ2n) is 4.72. The van der Waals surface area contributed by atoms with Crippen LogP contribution < -0.4 is 16.8 Å². The highest BCUT2D eigenvalue weighted by Crippen LogP contribution is 2.26. The zero-order chi connectivity index (χ0) is 12.3. The predicted molar refractivity (Wildman–Crippen MR) is 69.5 cm³/mol. The maximum Gasteiger partial charge on any atom is 0.149 e. The Morgan fingerprint density at radius 2 is 1.94 bits per heavy atom. The van der Waals surface area contributed by atoms with Crippen molar-refractivity contribution in [3.8, 4) is 0 Å². The molecule has 0 saturated heterocycles. The van der Waals surface area contributed by atoms with Gasteiger partial charge >= 0.3 is 0 Å². The lowest BCUT2D eigenvalue weighted by molar-refractivity contribution is 0.185. The first-order valence-electron chi connectivity index (χ1n) is 6.08. The van der Waals surface area contributed by atoms with Crippen molar-refractivity contribution in [1.29, 1.82) is 0 Å². The molecule has 1 aromatic rings. The highest BCUT2D eigenvalue weighted by atomic mass is 16.3. The van der Waals surface area contributed by atoms with Crippen molar-refractivity contribution in [2.45, 2.75) is 31.7 Å². The van der Waals surface area contributed by atoms with Gasteiger partial charge in [0.05, 0.1) is 5.69 Å². The maximum atomic E-state index is 9.07. The third kappa shape index (κ3) is 3.00. The number of anilines is 3. The Morgan fingerprint density at radius 1 is 1.24 bits per heavy atom. The van der Waals surface area contributed by atoms with Crippen LogP contribution in [0.1, 0.15) is 25.7 Å². The molecule has 0 amide bonds. The third-order valence-electron chi connectivity index (χ3n) is 3.41. The van der Waals surface area contributed by atoms with E-state index in [1.807, 2.05) is 6.07 Å². The number of rotatable bonds is 3. The summed E-state index contributed by atoms with van der Waals surface area (Å²) in [5.41, 5.74) is 11.8. The molecular weight excluding hydrogens is 216 g/mol. The lowest BCUT2D eigenvalue weighted by Crippen LogP contribution is -2.27. The minimum atomic E-state index is 0.305. The first-order chi connectivity index (χ1) is 8.19. The van der Waals surface area contributed by atoms with E-state index in [9.17, 15) is 0 Å². The number of pyridine rings is 1. The zero-order valence-corrected chi connectivity index (χ0v) is 9.89. The van der Waals surface area contributed by atoms with Crippen molar-refractivity contribution >= 4 is 17.3 Å². The summed E-state index contributed by atoms with van der Waals surface area (Å²) in [4.78, 5) is 4.20. The molecule has 6 N–H and O–H groups in total. The van der Waals surface area contributed by atoms with E-state index in [0.717, 1.165) is 31.5 Å². The third-order valence-corrected chi connectivity index (χ3v) is 3.41. The van der Waals surface area contributed by atoms with Crippen LogP contribution in [0.15, 0.2) is 12.1 Å². The molecule has 94 valence electrons. The molecule has 0 aromatic carbocycles. The Balaban J connectivity index is 1.91. The fourth-order valence-electron chi connectivity index (χ4n) is 2.26. The van der Waals surface area contributed by atoms with Crippen molar-refractivity contribution in [2.24, 2.45) is 5.92 Å². The van der Waals surface area contributed by atoms with E-state index in [4.69, 9.17) is 16.6 Å². The molecule has 1 fully saturated rings. The summed E-state index contributed by atoms with van der Waals surface area (Å²) in [5, 5.41) is 12.4. The lowest BCUT2D eigenvalue weighted by Gasteiger charge is -2.28. The van der Waals surface area contributed by atoms with Gasteiger partial charge in [-0.3, -0.25) is 0 Å². The van der Waals surface area contributed by atoms with Crippen LogP contribution in [0, 0.1) is 5.92 Å². The van der Waals surface area contributed by atoms with Crippen molar-refractivity contribution in [3.63, 3.8) is 0 Å². The average Bonchev–Trinajstić information content (AvgIpc) is 2.35. The van der Waals surface area contributed by atoms with E-state index in [1.165, 1.54) is 0 Å². The Bertz CT molecular complexity index is 375. The Hall–Kier alpha value is -1.49. The van der Waals surface area contributed by atoms with Gasteiger partial charge in [0.25, 0.3) is 0 Å². The van der Waals surface area contributed by atoms with Gasteiger partial charge in [0.2, 0.25) is 0 Å². The van der Waals surface area contributed by atoms with E-state index < -0.39 is 0 Å². The topological polar surface area (TPSA) is 97.2 Å². The minimum absolute atomic E-state index is 0.305. The molecule has 0 spiro atoms. The fourth-order valence-corrected chi connectivity index (χ4v) is 2.26. The van der Waals surface area contributed by atoms with Crippen molar-refractivity contribution in [3.05, 3.63) is 12.1 Å². The van der Waals surface area contributed by atoms with Gasteiger partial charge in [0.1, 0.15) is 11.6 Å². The SMILES string of the molecule is Nc1ccc(NC2CCC(CO)CC2)nc1N. The van der Waals surface area contributed by atoms with Gasteiger partial charge in [-0.2, -0.15) is 0 Å². The molecule has 1 aliphatic carbocycles. The van der Waals surface area contributed by atoms with Gasteiger partial charge in [0, 0.05) is 12.6 Å². The summed E-state index contributed by atoms with van der Waals surface area (Å²) < 4.78 is 0. The molecule has 1 aromatic heterocycles. The van der Waals surface area contributed by atoms with Crippen molar-refractivity contribution < 1.29 is 5.11 Å². The van der Waals surface area contributed by atoms with Gasteiger partial charge in [0.15, 0.2) is 0 Å². The number of nitrogens with zero attached hydrogens (tertiary/aromatic N) is 1. The summed E-state index contributed by atoms with van der Waals surface area (Å²) in [7, 11) is 0. The largest absolute Gasteiger partial charge is 0.396 e. The highest BCUT2D eigenvalue weighted by molar-refractivity contribution is 5.61. The number of nitrogen functional groups attached to an aromatic ring is 2. The lowest BCUT2D eigenvalue weighted by atomic mass is 9.86. The molecule has 5 heteroatoms. The number of nitrogens with one attached hydrogen (secondary N) is 1. The van der Waals surface area contributed by atoms with Crippen LogP contribution in [-0.4, -0.2) is 22.7 Å². The van der Waals surface area contributed by atoms with Crippen LogP contribution in [0.2, 0.25) is 0 Å². The second-order valence-corrected chi connectivity index (χ2v) is 4.72. The summed E-state index contributed by atoms with van der Waals surface area (Å²) in [6, 6.07) is 4.04. The number of aromatic nitrogens is 1. The molecule has 1 aliphatic rings.